The lowest BCUT2D eigenvalue weighted by atomic mass is 9.77. The van der Waals surface area contributed by atoms with Gasteiger partial charge in [0.25, 0.3) is 0 Å². The highest BCUT2D eigenvalue weighted by Gasteiger charge is 2.44. The monoisotopic (exact) mass is 395 g/mol. The molecule has 29 heavy (non-hydrogen) atoms. The number of aryl methyl sites for hydroxylation is 1. The van der Waals surface area contributed by atoms with Crippen molar-refractivity contribution in [2.75, 3.05) is 26.8 Å². The van der Waals surface area contributed by atoms with Crippen molar-refractivity contribution >= 4 is 0 Å². The molecule has 0 unspecified atom stereocenters. The summed E-state index contributed by atoms with van der Waals surface area (Å²) in [6.45, 7) is 6.46. The van der Waals surface area contributed by atoms with Crippen molar-refractivity contribution in [3.8, 4) is 5.75 Å². The van der Waals surface area contributed by atoms with Gasteiger partial charge in [-0.05, 0) is 73.6 Å². The third-order valence-electron chi connectivity index (χ3n) is 7.04. The predicted molar refractivity (Wildman–Crippen MR) is 113 cm³/mol. The molecule has 0 N–H and O–H groups in total. The molecule has 1 aromatic carbocycles. The highest BCUT2D eigenvalue weighted by atomic mass is 16.5. The number of methoxy groups -OCH3 is 1. The second-order valence-corrected chi connectivity index (χ2v) is 9.41. The summed E-state index contributed by atoms with van der Waals surface area (Å²) in [7, 11) is 1.72. The Morgan fingerprint density at radius 1 is 1.07 bits per heavy atom. The Labute approximate surface area is 174 Å². The molecule has 0 amide bonds. The van der Waals surface area contributed by atoms with Gasteiger partial charge in [-0.15, -0.1) is 0 Å². The molecule has 156 valence electrons. The van der Waals surface area contributed by atoms with Crippen LogP contribution in [-0.4, -0.2) is 47.6 Å². The Hall–Kier alpha value is -1.85. The molecule has 2 aromatic rings. The summed E-state index contributed by atoms with van der Waals surface area (Å²) in [5.74, 6) is 3.22. The summed E-state index contributed by atoms with van der Waals surface area (Å²) in [5, 5.41) is 4.66. The molecule has 5 rings (SSSR count). The summed E-state index contributed by atoms with van der Waals surface area (Å²) >= 11 is 0. The van der Waals surface area contributed by atoms with Crippen molar-refractivity contribution in [3.63, 3.8) is 0 Å². The highest BCUT2D eigenvalue weighted by molar-refractivity contribution is 5.27. The van der Waals surface area contributed by atoms with Crippen molar-refractivity contribution < 1.29 is 9.47 Å². The van der Waals surface area contributed by atoms with Crippen LogP contribution >= 0.6 is 0 Å². The average Bonchev–Trinajstić information content (AvgIpc) is 3.33. The lowest BCUT2D eigenvalue weighted by molar-refractivity contribution is -0.0371. The zero-order valence-electron chi connectivity index (χ0n) is 17.7. The van der Waals surface area contributed by atoms with Gasteiger partial charge in [-0.3, -0.25) is 9.58 Å². The topological polar surface area (TPSA) is 39.5 Å². The lowest BCUT2D eigenvalue weighted by Gasteiger charge is -2.38. The maximum Gasteiger partial charge on any atom is 0.118 e. The summed E-state index contributed by atoms with van der Waals surface area (Å²) in [5.41, 5.74) is 2.60. The molecule has 1 aliphatic heterocycles. The van der Waals surface area contributed by atoms with Crippen LogP contribution in [0.25, 0.3) is 0 Å². The van der Waals surface area contributed by atoms with E-state index < -0.39 is 0 Å². The number of fused-ring (bicyclic) bond motifs is 1. The van der Waals surface area contributed by atoms with Crippen LogP contribution in [0.15, 0.2) is 36.7 Å². The fourth-order valence-electron chi connectivity index (χ4n) is 5.22. The van der Waals surface area contributed by atoms with Gasteiger partial charge in [0, 0.05) is 32.4 Å². The number of rotatable bonds is 7. The molecular formula is C24H33N3O2. The van der Waals surface area contributed by atoms with E-state index in [0.29, 0.717) is 12.1 Å². The minimum Gasteiger partial charge on any atom is -0.497 e. The number of hydrogen-bond donors (Lipinski definition) is 0. The Bertz CT molecular complexity index is 814. The van der Waals surface area contributed by atoms with Gasteiger partial charge in [-0.2, -0.15) is 5.10 Å². The molecule has 3 aliphatic rings. The lowest BCUT2D eigenvalue weighted by Crippen LogP contribution is -2.38. The summed E-state index contributed by atoms with van der Waals surface area (Å²) in [6.07, 6.45) is 9.52. The van der Waals surface area contributed by atoms with Crippen LogP contribution in [0.2, 0.25) is 0 Å². The number of likely N-dealkylation sites (tertiary alicyclic amines) is 1. The van der Waals surface area contributed by atoms with E-state index in [1.807, 2.05) is 6.20 Å². The van der Waals surface area contributed by atoms with Crippen molar-refractivity contribution in [3.05, 3.63) is 47.8 Å². The van der Waals surface area contributed by atoms with Gasteiger partial charge >= 0.3 is 0 Å². The molecule has 2 aliphatic carbocycles. The molecule has 0 radical (unpaired) electrons. The standard InChI is InChI=1S/C24H33N3O2/c1-17-11-25-27(12-17)23-9-20-14-26(13-18-5-7-22(28-2)8-6-18)15-21(20)10-24(23)29-16-19-3-4-19/h5-8,11-12,19-21,23-24H,3-4,9-10,13-16H2,1-2H3/t20-,21+,23-,24-/m0/s1. The molecule has 2 saturated carbocycles. The normalized spacial score (nSPS) is 29.7. The van der Waals surface area contributed by atoms with E-state index >= 15 is 0 Å². The Morgan fingerprint density at radius 3 is 2.48 bits per heavy atom. The van der Waals surface area contributed by atoms with Crippen LogP contribution in [0.3, 0.4) is 0 Å². The Kier molecular flexibility index (Phi) is 5.35. The number of benzene rings is 1. The molecule has 4 atom stereocenters. The maximum absolute atomic E-state index is 6.48. The second kappa shape index (κ2) is 8.11. The van der Waals surface area contributed by atoms with E-state index in [9.17, 15) is 0 Å². The average molecular weight is 396 g/mol. The van der Waals surface area contributed by atoms with Gasteiger partial charge < -0.3 is 9.47 Å². The molecular weight excluding hydrogens is 362 g/mol. The minimum absolute atomic E-state index is 0.303. The molecule has 5 heteroatoms. The van der Waals surface area contributed by atoms with E-state index in [2.05, 4.69) is 52.1 Å². The molecule has 5 nitrogen and oxygen atoms in total. The highest BCUT2D eigenvalue weighted by Crippen LogP contribution is 2.43. The molecule has 1 saturated heterocycles. The van der Waals surface area contributed by atoms with Gasteiger partial charge in [0.1, 0.15) is 5.75 Å². The maximum atomic E-state index is 6.48. The minimum atomic E-state index is 0.303. The van der Waals surface area contributed by atoms with Crippen LogP contribution in [0.5, 0.6) is 5.75 Å². The molecule has 0 spiro atoms. The number of ether oxygens (including phenoxy) is 2. The third-order valence-corrected chi connectivity index (χ3v) is 7.04. The second-order valence-electron chi connectivity index (χ2n) is 9.41. The first-order valence-electron chi connectivity index (χ1n) is 11.2. The van der Waals surface area contributed by atoms with Gasteiger partial charge in [-0.1, -0.05) is 12.1 Å². The van der Waals surface area contributed by atoms with E-state index in [1.54, 1.807) is 7.11 Å². The van der Waals surface area contributed by atoms with Crippen molar-refractivity contribution in [1.82, 2.24) is 14.7 Å². The van der Waals surface area contributed by atoms with Gasteiger partial charge in [0.05, 0.1) is 25.5 Å². The first-order chi connectivity index (χ1) is 14.2. The molecule has 1 aromatic heterocycles. The SMILES string of the molecule is COc1ccc(CN2C[C@H]3C[C@H](OCC4CC4)[C@@H](n4cc(C)cn4)C[C@H]3C2)cc1. The summed E-state index contributed by atoms with van der Waals surface area (Å²) < 4.78 is 14.0. The number of hydrogen-bond acceptors (Lipinski definition) is 4. The van der Waals surface area contributed by atoms with E-state index in [1.165, 1.54) is 49.9 Å². The first kappa shape index (κ1) is 19.1. The predicted octanol–water partition coefficient (Wildman–Crippen LogP) is 4.08. The van der Waals surface area contributed by atoms with E-state index in [0.717, 1.165) is 36.7 Å². The van der Waals surface area contributed by atoms with E-state index in [-0.39, 0.29) is 0 Å². The third kappa shape index (κ3) is 4.36. The fourth-order valence-corrected chi connectivity index (χ4v) is 5.22. The number of aromatic nitrogens is 2. The smallest absolute Gasteiger partial charge is 0.118 e. The van der Waals surface area contributed by atoms with Crippen molar-refractivity contribution in [2.45, 2.75) is 51.3 Å². The molecule has 3 fully saturated rings. The largest absolute Gasteiger partial charge is 0.497 e. The van der Waals surface area contributed by atoms with Gasteiger partial charge in [0.15, 0.2) is 0 Å². The fraction of sp³-hybridized carbons (Fsp3) is 0.625. The Morgan fingerprint density at radius 2 is 1.83 bits per heavy atom. The van der Waals surface area contributed by atoms with Crippen molar-refractivity contribution in [1.29, 1.82) is 0 Å². The van der Waals surface area contributed by atoms with E-state index in [4.69, 9.17) is 9.47 Å². The zero-order chi connectivity index (χ0) is 19.8. The van der Waals surface area contributed by atoms with Gasteiger partial charge in [-0.25, -0.2) is 0 Å². The molecule has 2 heterocycles. The zero-order valence-corrected chi connectivity index (χ0v) is 17.7. The summed E-state index contributed by atoms with van der Waals surface area (Å²) in [4.78, 5) is 2.63. The van der Waals surface area contributed by atoms with Crippen LogP contribution < -0.4 is 4.74 Å². The number of nitrogens with zero attached hydrogens (tertiary/aromatic N) is 3. The van der Waals surface area contributed by atoms with Gasteiger partial charge in [0.2, 0.25) is 0 Å². The van der Waals surface area contributed by atoms with Crippen molar-refractivity contribution in [2.24, 2.45) is 17.8 Å². The van der Waals surface area contributed by atoms with Crippen LogP contribution in [0.4, 0.5) is 0 Å². The molecule has 0 bridgehead atoms. The summed E-state index contributed by atoms with van der Waals surface area (Å²) in [6, 6.07) is 8.90. The van der Waals surface area contributed by atoms with Crippen LogP contribution in [0.1, 0.15) is 42.9 Å². The Balaban J connectivity index is 1.26. The van der Waals surface area contributed by atoms with Crippen LogP contribution in [-0.2, 0) is 11.3 Å². The first-order valence-corrected chi connectivity index (χ1v) is 11.2. The van der Waals surface area contributed by atoms with Crippen LogP contribution in [0, 0.1) is 24.7 Å². The quantitative estimate of drug-likeness (QED) is 0.708.